The van der Waals surface area contributed by atoms with Crippen molar-refractivity contribution in [2.45, 2.75) is 52.5 Å². The molecule has 0 fully saturated rings. The molecule has 36 heavy (non-hydrogen) atoms. The van der Waals surface area contributed by atoms with Gasteiger partial charge in [0.25, 0.3) is 0 Å². The summed E-state index contributed by atoms with van der Waals surface area (Å²) in [6.45, 7) is 0. The molecule has 1 rings (SSSR count). The monoisotopic (exact) mass is 586 g/mol. The molecule has 0 aliphatic heterocycles. The molecule has 208 valence electrons. The number of rotatable bonds is 9. The van der Waals surface area contributed by atoms with Gasteiger partial charge >= 0.3 is 47.6 Å². The highest BCUT2D eigenvalue weighted by Crippen LogP contribution is 2.64. The zero-order valence-corrected chi connectivity index (χ0v) is 17.0. The topological polar surface area (TPSA) is 34.1 Å². The van der Waals surface area contributed by atoms with Crippen LogP contribution in [0, 0.1) is 0 Å². The molecule has 0 radical (unpaired) electrons. The summed E-state index contributed by atoms with van der Waals surface area (Å²) in [7, 11) is -5.24. The molecule has 0 saturated carbocycles. The van der Waals surface area contributed by atoms with E-state index in [1.54, 1.807) is 0 Å². The molecule has 0 aliphatic rings. The van der Waals surface area contributed by atoms with E-state index in [2.05, 4.69) is 0 Å². The minimum atomic E-state index is -8.75. The van der Waals surface area contributed by atoms with Gasteiger partial charge in [-0.05, 0) is 12.1 Å². The summed E-state index contributed by atoms with van der Waals surface area (Å²) in [5.41, 5.74) is 0. The van der Waals surface area contributed by atoms with Crippen LogP contribution in [0.1, 0.15) is 0 Å². The summed E-state index contributed by atoms with van der Waals surface area (Å²) in [5, 5.41) is -0.991. The van der Waals surface area contributed by atoms with Crippen LogP contribution in [0.25, 0.3) is 0 Å². The Kier molecular flexibility index (Phi) is 7.62. The molecule has 0 atom stereocenters. The third-order valence-electron chi connectivity index (χ3n) is 4.27. The van der Waals surface area contributed by atoms with Crippen LogP contribution in [0.3, 0.4) is 0 Å². The second-order valence-corrected chi connectivity index (χ2v) is 8.56. The summed E-state index contributed by atoms with van der Waals surface area (Å²) in [6, 6.07) is 4.19. The quantitative estimate of drug-likeness (QED) is 0.293. The molecule has 0 aliphatic carbocycles. The molecule has 0 heterocycles. The van der Waals surface area contributed by atoms with E-state index in [9.17, 15) is 83.1 Å². The maximum atomic E-state index is 13.7. The molecule has 0 saturated heterocycles. The molecule has 0 aromatic heterocycles. The van der Waals surface area contributed by atoms with Gasteiger partial charge in [0, 0.05) is 11.5 Å². The molecule has 0 bridgehead atoms. The highest BCUT2D eigenvalue weighted by molar-refractivity contribution is 7.94. The Morgan fingerprint density at radius 3 is 1.19 bits per heavy atom. The number of hydrogen-bond donors (Lipinski definition) is 0. The van der Waals surface area contributed by atoms with E-state index >= 15 is 0 Å². The van der Waals surface area contributed by atoms with Gasteiger partial charge < -0.3 is 0 Å². The van der Waals surface area contributed by atoms with Gasteiger partial charge in [-0.25, -0.2) is 8.42 Å². The smallest absolute Gasteiger partial charge is 0.219 e. The van der Waals surface area contributed by atoms with Gasteiger partial charge in [0.05, 0.1) is 4.90 Å². The third kappa shape index (κ3) is 4.48. The Hall–Kier alpha value is -2.28. The Labute approximate surface area is 188 Å². The van der Waals surface area contributed by atoms with Gasteiger partial charge in [0.1, 0.15) is 0 Å². The van der Waals surface area contributed by atoms with E-state index in [4.69, 9.17) is 0 Å². The first kappa shape index (κ1) is 31.7. The van der Waals surface area contributed by atoms with Crippen molar-refractivity contribution in [3.8, 4) is 0 Å². The van der Waals surface area contributed by atoms with Crippen LogP contribution < -0.4 is 0 Å². The summed E-state index contributed by atoms with van der Waals surface area (Å²) < 4.78 is 247. The van der Waals surface area contributed by atoms with E-state index < -0.39 is 73.9 Å². The standard InChI is InChI=1S/C16H7F17O2S/c17-9(18,6-7-36(34,35)8-4-2-1-3-5-8)10(19,20)11(21,22)12(23,24)13(25,26)14(27,28)15(29,30)16(31,32)33/h1-7H/b7-6+. The first-order chi connectivity index (χ1) is 15.6. The zero-order chi connectivity index (χ0) is 29.0. The van der Waals surface area contributed by atoms with Crippen LogP contribution in [0.4, 0.5) is 74.6 Å². The molecule has 1 aromatic rings. The fourth-order valence-corrected chi connectivity index (χ4v) is 3.19. The molecule has 0 N–H and O–H groups in total. The highest BCUT2D eigenvalue weighted by Gasteiger charge is 2.95. The number of alkyl halides is 17. The zero-order valence-electron chi connectivity index (χ0n) is 16.2. The molecular weight excluding hydrogens is 579 g/mol. The predicted molar refractivity (Wildman–Crippen MR) is 83.5 cm³/mol. The van der Waals surface area contributed by atoms with E-state index in [1.807, 2.05) is 0 Å². The minimum absolute atomic E-state index is 0.613. The fourth-order valence-electron chi connectivity index (χ4n) is 2.14. The lowest BCUT2D eigenvalue weighted by Gasteiger charge is -2.42. The van der Waals surface area contributed by atoms with E-state index in [1.165, 1.54) is 0 Å². The lowest BCUT2D eigenvalue weighted by molar-refractivity contribution is -0.459. The number of benzene rings is 1. The van der Waals surface area contributed by atoms with Crippen molar-refractivity contribution < 1.29 is 83.1 Å². The van der Waals surface area contributed by atoms with Crippen molar-refractivity contribution in [2.75, 3.05) is 0 Å². The number of hydrogen-bond acceptors (Lipinski definition) is 2. The largest absolute Gasteiger partial charge is 0.460 e. The van der Waals surface area contributed by atoms with Crippen molar-refractivity contribution in [1.29, 1.82) is 0 Å². The summed E-state index contributed by atoms with van der Waals surface area (Å²) in [6.07, 6.45) is -9.58. The van der Waals surface area contributed by atoms with Crippen LogP contribution in [-0.2, 0) is 9.84 Å². The SMILES string of the molecule is O=S(=O)(/C=C/C(F)(F)C(F)(F)C(F)(F)C(F)(F)C(F)(F)C(F)(F)C(F)(F)C(F)(F)F)c1ccccc1. The molecule has 0 spiro atoms. The first-order valence-electron chi connectivity index (χ1n) is 8.27. The van der Waals surface area contributed by atoms with Crippen LogP contribution in [0.5, 0.6) is 0 Å². The second kappa shape index (κ2) is 8.64. The molecule has 0 unspecified atom stereocenters. The summed E-state index contributed by atoms with van der Waals surface area (Å²) >= 11 is 0. The van der Waals surface area contributed by atoms with Gasteiger partial charge in [-0.1, -0.05) is 18.2 Å². The molecular formula is C16H7F17O2S. The minimum Gasteiger partial charge on any atom is -0.219 e. The number of allylic oxidation sites excluding steroid dienone is 1. The van der Waals surface area contributed by atoms with Gasteiger partial charge in [-0.2, -0.15) is 74.6 Å². The van der Waals surface area contributed by atoms with E-state index in [-0.39, 0.29) is 0 Å². The molecule has 2 nitrogen and oxygen atoms in total. The van der Waals surface area contributed by atoms with Gasteiger partial charge in [-0.3, -0.25) is 0 Å². The van der Waals surface area contributed by atoms with Crippen LogP contribution in [-0.4, -0.2) is 56.1 Å². The van der Waals surface area contributed by atoms with Gasteiger partial charge in [-0.15, -0.1) is 0 Å². The van der Waals surface area contributed by atoms with Crippen molar-refractivity contribution >= 4 is 9.84 Å². The maximum Gasteiger partial charge on any atom is 0.460 e. The third-order valence-corrected chi connectivity index (χ3v) is 5.70. The lowest BCUT2D eigenvalue weighted by atomic mass is 9.89. The Morgan fingerprint density at radius 2 is 0.833 bits per heavy atom. The van der Waals surface area contributed by atoms with Crippen molar-refractivity contribution in [3.05, 3.63) is 41.8 Å². The van der Waals surface area contributed by atoms with Gasteiger partial charge in [0.15, 0.2) is 9.84 Å². The van der Waals surface area contributed by atoms with Crippen LogP contribution in [0.15, 0.2) is 46.7 Å². The number of halogens is 17. The normalized spacial score (nSPS) is 16.0. The highest BCUT2D eigenvalue weighted by atomic mass is 32.2. The van der Waals surface area contributed by atoms with Gasteiger partial charge in [0.2, 0.25) is 0 Å². The van der Waals surface area contributed by atoms with Crippen LogP contribution in [0.2, 0.25) is 0 Å². The van der Waals surface area contributed by atoms with Crippen molar-refractivity contribution in [1.82, 2.24) is 0 Å². The van der Waals surface area contributed by atoms with Crippen molar-refractivity contribution in [2.24, 2.45) is 0 Å². The Balaban J connectivity index is 3.62. The van der Waals surface area contributed by atoms with Crippen molar-refractivity contribution in [3.63, 3.8) is 0 Å². The average molecular weight is 586 g/mol. The first-order valence-corrected chi connectivity index (χ1v) is 9.81. The lowest BCUT2D eigenvalue weighted by Crippen LogP contribution is -2.74. The maximum absolute atomic E-state index is 13.7. The van der Waals surface area contributed by atoms with E-state index in [0.717, 1.165) is 18.2 Å². The summed E-state index contributed by atoms with van der Waals surface area (Å²) in [5.74, 6) is -57.7. The van der Waals surface area contributed by atoms with E-state index in [0.29, 0.717) is 12.1 Å². The molecule has 0 amide bonds. The molecule has 1 aromatic carbocycles. The molecule has 20 heteroatoms. The Morgan fingerprint density at radius 1 is 0.500 bits per heavy atom. The second-order valence-electron chi connectivity index (χ2n) is 6.73. The van der Waals surface area contributed by atoms with Crippen LogP contribution >= 0.6 is 0 Å². The fraction of sp³-hybridized carbons (Fsp3) is 0.500. The number of sulfone groups is 1. The summed E-state index contributed by atoms with van der Waals surface area (Å²) in [4.78, 5) is -0.988. The predicted octanol–water partition coefficient (Wildman–Crippen LogP) is 6.98. The average Bonchev–Trinajstić information content (AvgIpc) is 2.71. The Bertz CT molecular complexity index is 1070.